The molecule has 2 heterocycles. The van der Waals surface area contributed by atoms with Crippen molar-refractivity contribution in [1.82, 2.24) is 4.57 Å². The van der Waals surface area contributed by atoms with Crippen LogP contribution in [-0.2, 0) is 0 Å². The molecule has 6 heteroatoms. The van der Waals surface area contributed by atoms with E-state index in [0.29, 0.717) is 16.3 Å². The summed E-state index contributed by atoms with van der Waals surface area (Å²) in [4.78, 5) is 17.0. The second-order valence-corrected chi connectivity index (χ2v) is 6.46. The number of nitrogens with zero attached hydrogens (tertiary/aromatic N) is 2. The Morgan fingerprint density at radius 2 is 2.04 bits per heavy atom. The number of rotatable bonds is 3. The molecule has 1 aliphatic heterocycles. The number of allylic oxidation sites excluding steroid dienone is 1. The lowest BCUT2D eigenvalue weighted by Gasteiger charge is -2.06. The van der Waals surface area contributed by atoms with Crippen molar-refractivity contribution in [1.29, 1.82) is 0 Å². The molecule has 0 saturated heterocycles. The average molecular weight is 350 g/mol. The Morgan fingerprint density at radius 3 is 2.88 bits per heavy atom. The smallest absolute Gasteiger partial charge is 0.315 e. The highest BCUT2D eigenvalue weighted by molar-refractivity contribution is 7.10. The molecular weight excluding hydrogens is 336 g/mol. The van der Waals surface area contributed by atoms with E-state index in [0.717, 1.165) is 28.2 Å². The SMILES string of the molecule is COc1cccc(-n2c(O)c(/C=C3\C=Nc4ccccc43)sc2=O)c1. The molecule has 0 spiro atoms. The summed E-state index contributed by atoms with van der Waals surface area (Å²) in [7, 11) is 1.56. The summed E-state index contributed by atoms with van der Waals surface area (Å²) in [5.41, 5.74) is 3.29. The van der Waals surface area contributed by atoms with Gasteiger partial charge in [-0.2, -0.15) is 0 Å². The van der Waals surface area contributed by atoms with Gasteiger partial charge in [0.25, 0.3) is 0 Å². The zero-order valence-corrected chi connectivity index (χ0v) is 14.2. The molecule has 1 N–H and O–H groups in total. The van der Waals surface area contributed by atoms with E-state index in [9.17, 15) is 9.90 Å². The molecule has 0 saturated carbocycles. The largest absolute Gasteiger partial charge is 0.497 e. The molecule has 4 rings (SSSR count). The highest BCUT2D eigenvalue weighted by Gasteiger charge is 2.17. The van der Waals surface area contributed by atoms with Crippen molar-refractivity contribution in [3.05, 3.63) is 68.6 Å². The van der Waals surface area contributed by atoms with Gasteiger partial charge in [-0.25, -0.2) is 4.57 Å². The van der Waals surface area contributed by atoms with Crippen LogP contribution in [0.5, 0.6) is 11.6 Å². The Hall–Kier alpha value is -3.12. The van der Waals surface area contributed by atoms with E-state index in [-0.39, 0.29) is 10.8 Å². The number of thiazole rings is 1. The predicted molar refractivity (Wildman–Crippen MR) is 101 cm³/mol. The molecule has 0 radical (unpaired) electrons. The Bertz CT molecular complexity index is 1080. The Balaban J connectivity index is 1.80. The van der Waals surface area contributed by atoms with Crippen molar-refractivity contribution < 1.29 is 9.84 Å². The number of benzene rings is 2. The van der Waals surface area contributed by atoms with E-state index in [4.69, 9.17) is 4.74 Å². The van der Waals surface area contributed by atoms with Crippen molar-refractivity contribution in [3.63, 3.8) is 0 Å². The molecule has 0 amide bonds. The molecular formula is C19H14N2O3S. The Morgan fingerprint density at radius 1 is 1.20 bits per heavy atom. The van der Waals surface area contributed by atoms with Gasteiger partial charge in [-0.15, -0.1) is 0 Å². The molecule has 25 heavy (non-hydrogen) atoms. The van der Waals surface area contributed by atoms with Crippen LogP contribution in [0.4, 0.5) is 5.69 Å². The van der Waals surface area contributed by atoms with Crippen LogP contribution < -0.4 is 9.61 Å². The second kappa shape index (κ2) is 6.07. The minimum Gasteiger partial charge on any atom is -0.497 e. The summed E-state index contributed by atoms with van der Waals surface area (Å²) >= 11 is 0.989. The summed E-state index contributed by atoms with van der Waals surface area (Å²) in [5.74, 6) is 0.528. The van der Waals surface area contributed by atoms with Crippen molar-refractivity contribution in [2.24, 2.45) is 4.99 Å². The first kappa shape index (κ1) is 15.4. The topological polar surface area (TPSA) is 63.8 Å². The molecule has 2 aromatic carbocycles. The third-order valence-corrected chi connectivity index (χ3v) is 4.85. The van der Waals surface area contributed by atoms with Gasteiger partial charge in [0.2, 0.25) is 5.88 Å². The highest BCUT2D eigenvalue weighted by atomic mass is 32.1. The van der Waals surface area contributed by atoms with Gasteiger partial charge in [0, 0.05) is 23.4 Å². The molecule has 1 aliphatic rings. The van der Waals surface area contributed by atoms with Crippen LogP contribution in [0.1, 0.15) is 10.4 Å². The number of aromatic nitrogens is 1. The van der Waals surface area contributed by atoms with E-state index in [2.05, 4.69) is 4.99 Å². The first-order valence-electron chi connectivity index (χ1n) is 7.62. The lowest BCUT2D eigenvalue weighted by molar-refractivity contribution is 0.413. The summed E-state index contributed by atoms with van der Waals surface area (Å²) < 4.78 is 6.46. The average Bonchev–Trinajstić information content (AvgIpc) is 3.16. The van der Waals surface area contributed by atoms with Crippen LogP contribution in [0.3, 0.4) is 0 Å². The fourth-order valence-corrected chi connectivity index (χ4v) is 3.59. The molecule has 1 aromatic heterocycles. The first-order chi connectivity index (χ1) is 12.2. The van der Waals surface area contributed by atoms with Crippen molar-refractivity contribution in [2.75, 3.05) is 7.11 Å². The minimum atomic E-state index is -0.263. The number of aliphatic imine (C=N–C) groups is 1. The van der Waals surface area contributed by atoms with Gasteiger partial charge in [-0.1, -0.05) is 35.6 Å². The van der Waals surface area contributed by atoms with Gasteiger partial charge in [-0.05, 0) is 24.3 Å². The van der Waals surface area contributed by atoms with E-state index in [1.54, 1.807) is 43.7 Å². The number of aromatic hydroxyl groups is 1. The molecule has 0 aliphatic carbocycles. The Labute approximate surface area is 147 Å². The lowest BCUT2D eigenvalue weighted by Crippen LogP contribution is -2.09. The fraction of sp³-hybridized carbons (Fsp3) is 0.0526. The quantitative estimate of drug-likeness (QED) is 0.780. The molecule has 0 atom stereocenters. The van der Waals surface area contributed by atoms with E-state index in [1.165, 1.54) is 4.57 Å². The number of hydrogen-bond donors (Lipinski definition) is 1. The zero-order chi connectivity index (χ0) is 17.4. The molecule has 5 nitrogen and oxygen atoms in total. The summed E-state index contributed by atoms with van der Waals surface area (Å²) in [5, 5.41) is 10.6. The van der Waals surface area contributed by atoms with Gasteiger partial charge in [-0.3, -0.25) is 9.79 Å². The van der Waals surface area contributed by atoms with Crippen LogP contribution in [0.25, 0.3) is 17.3 Å². The molecule has 0 bridgehead atoms. The third kappa shape index (κ3) is 2.66. The van der Waals surface area contributed by atoms with Crippen LogP contribution in [0.15, 0.2) is 58.3 Å². The molecule has 0 unspecified atom stereocenters. The molecule has 124 valence electrons. The van der Waals surface area contributed by atoms with Crippen molar-refractivity contribution in [2.45, 2.75) is 0 Å². The van der Waals surface area contributed by atoms with Crippen LogP contribution in [0, 0.1) is 0 Å². The summed E-state index contributed by atoms with van der Waals surface area (Å²) in [6.07, 6.45) is 3.53. The van der Waals surface area contributed by atoms with Crippen LogP contribution in [-0.4, -0.2) is 23.0 Å². The number of hydrogen-bond acceptors (Lipinski definition) is 5. The highest BCUT2D eigenvalue weighted by Crippen LogP contribution is 2.35. The van der Waals surface area contributed by atoms with E-state index in [1.807, 2.05) is 24.3 Å². The maximum absolute atomic E-state index is 12.4. The maximum Gasteiger partial charge on any atom is 0.315 e. The number of fused-ring (bicyclic) bond motifs is 1. The summed E-state index contributed by atoms with van der Waals surface area (Å²) in [6, 6.07) is 14.8. The number of para-hydroxylation sites is 1. The second-order valence-electron chi connectivity index (χ2n) is 5.47. The number of methoxy groups -OCH3 is 1. The van der Waals surface area contributed by atoms with Crippen molar-refractivity contribution in [3.8, 4) is 17.3 Å². The molecule has 3 aromatic rings. The van der Waals surface area contributed by atoms with Crippen LogP contribution >= 0.6 is 11.3 Å². The lowest BCUT2D eigenvalue weighted by atomic mass is 10.1. The Kier molecular flexibility index (Phi) is 3.74. The third-order valence-electron chi connectivity index (χ3n) is 3.97. The van der Waals surface area contributed by atoms with E-state index < -0.39 is 0 Å². The van der Waals surface area contributed by atoms with Gasteiger partial charge in [0.15, 0.2) is 0 Å². The van der Waals surface area contributed by atoms with Crippen molar-refractivity contribution >= 4 is 34.9 Å². The number of ether oxygens (including phenoxy) is 1. The first-order valence-corrected chi connectivity index (χ1v) is 8.43. The van der Waals surface area contributed by atoms with Gasteiger partial charge >= 0.3 is 4.87 Å². The van der Waals surface area contributed by atoms with E-state index >= 15 is 0 Å². The summed E-state index contributed by atoms with van der Waals surface area (Å²) in [6.45, 7) is 0. The normalized spacial score (nSPS) is 14.0. The standard InChI is InChI=1S/C19H14N2O3S/c1-24-14-6-4-5-13(10-14)21-18(22)17(25-19(21)23)9-12-11-20-16-8-3-2-7-15(12)16/h2-11,22H,1H3/b12-9+. The monoisotopic (exact) mass is 350 g/mol. The van der Waals surface area contributed by atoms with Gasteiger partial charge in [0.1, 0.15) is 5.75 Å². The maximum atomic E-state index is 12.4. The molecule has 0 fully saturated rings. The van der Waals surface area contributed by atoms with Gasteiger partial charge in [0.05, 0.1) is 23.4 Å². The predicted octanol–water partition coefficient (Wildman–Crippen LogP) is 3.87. The fourth-order valence-electron chi connectivity index (χ4n) is 2.75. The van der Waals surface area contributed by atoms with Gasteiger partial charge < -0.3 is 9.84 Å². The van der Waals surface area contributed by atoms with Crippen LogP contribution in [0.2, 0.25) is 0 Å². The zero-order valence-electron chi connectivity index (χ0n) is 13.3. The minimum absolute atomic E-state index is 0.0893.